The van der Waals surface area contributed by atoms with Gasteiger partial charge in [-0.15, -0.1) is 0 Å². The number of nitriles is 1. The van der Waals surface area contributed by atoms with Crippen molar-refractivity contribution in [1.82, 2.24) is 5.32 Å². The predicted octanol–water partition coefficient (Wildman–Crippen LogP) is 2.70. The number of nitrogens with one attached hydrogen (secondary N) is 1. The molecular formula is C29H33N3O6. The lowest BCUT2D eigenvalue weighted by atomic mass is 9.86. The van der Waals surface area contributed by atoms with Crippen molar-refractivity contribution in [2.75, 3.05) is 32.1 Å². The van der Waals surface area contributed by atoms with Crippen LogP contribution in [0.1, 0.15) is 19.1 Å². The molecule has 1 aliphatic heterocycles. The number of ether oxygens (including phenoxy) is 1. The van der Waals surface area contributed by atoms with Gasteiger partial charge in [0.1, 0.15) is 35.4 Å². The lowest BCUT2D eigenvalue weighted by molar-refractivity contribution is -0.197. The van der Waals surface area contributed by atoms with Crippen LogP contribution in [0.3, 0.4) is 0 Å². The molecule has 38 heavy (non-hydrogen) atoms. The Bertz CT molecular complexity index is 1360. The maximum atomic E-state index is 12.7. The van der Waals surface area contributed by atoms with Crippen molar-refractivity contribution in [2.24, 2.45) is 5.92 Å². The molecule has 1 amide bonds. The summed E-state index contributed by atoms with van der Waals surface area (Å²) in [7, 11) is 3.99. The van der Waals surface area contributed by atoms with Crippen LogP contribution in [0, 0.1) is 17.2 Å². The van der Waals surface area contributed by atoms with Crippen LogP contribution in [0.25, 0.3) is 28.2 Å². The van der Waals surface area contributed by atoms with Crippen LogP contribution in [-0.4, -0.2) is 72.9 Å². The molecule has 1 fully saturated rings. The van der Waals surface area contributed by atoms with E-state index in [1.165, 1.54) is 6.08 Å². The number of amides is 1. The Labute approximate surface area is 221 Å². The molecule has 2 heterocycles. The molecule has 0 radical (unpaired) electrons. The lowest BCUT2D eigenvalue weighted by Crippen LogP contribution is -2.56. The van der Waals surface area contributed by atoms with Gasteiger partial charge in [-0.3, -0.25) is 4.79 Å². The van der Waals surface area contributed by atoms with Crippen LogP contribution in [0.2, 0.25) is 0 Å². The number of hydrogen-bond donors (Lipinski definition) is 4. The normalized spacial score (nSPS) is 23.7. The molecule has 1 saturated heterocycles. The summed E-state index contributed by atoms with van der Waals surface area (Å²) in [5.74, 6) is -0.0827. The van der Waals surface area contributed by atoms with E-state index in [2.05, 4.69) is 17.4 Å². The fourth-order valence-corrected chi connectivity index (χ4v) is 4.64. The molecule has 5 atom stereocenters. The summed E-state index contributed by atoms with van der Waals surface area (Å²) in [4.78, 5) is 14.7. The van der Waals surface area contributed by atoms with Crippen LogP contribution < -0.4 is 10.2 Å². The van der Waals surface area contributed by atoms with Gasteiger partial charge in [0.15, 0.2) is 0 Å². The number of aliphatic hydroxyl groups excluding tert-OH is 3. The van der Waals surface area contributed by atoms with Crippen molar-refractivity contribution in [3.63, 3.8) is 0 Å². The Hall–Kier alpha value is -3.68. The first kappa shape index (κ1) is 27.4. The van der Waals surface area contributed by atoms with E-state index in [9.17, 15) is 25.4 Å². The summed E-state index contributed by atoms with van der Waals surface area (Å²) in [5.41, 5.74) is 1.80. The predicted molar refractivity (Wildman–Crippen MR) is 144 cm³/mol. The molecule has 0 spiro atoms. The molecule has 1 aromatic heterocycles. The Morgan fingerprint density at radius 2 is 1.82 bits per heavy atom. The molecule has 4 rings (SSSR count). The molecule has 1 aliphatic rings. The smallest absolute Gasteiger partial charge is 0.262 e. The molecule has 9 nitrogen and oxygen atoms in total. The number of nitrogens with zero attached hydrogens (tertiary/aromatic N) is 2. The lowest BCUT2D eigenvalue weighted by Gasteiger charge is -2.41. The number of fused-ring (bicyclic) bond motifs is 1. The highest BCUT2D eigenvalue weighted by Gasteiger charge is 2.41. The highest BCUT2D eigenvalue weighted by Crippen LogP contribution is 2.30. The Kier molecular flexibility index (Phi) is 8.49. The Morgan fingerprint density at radius 3 is 2.53 bits per heavy atom. The minimum atomic E-state index is -1.21. The summed E-state index contributed by atoms with van der Waals surface area (Å²) in [5, 5.41) is 44.2. The maximum Gasteiger partial charge on any atom is 0.262 e. The van der Waals surface area contributed by atoms with Gasteiger partial charge in [-0.25, -0.2) is 0 Å². The topological polar surface area (TPSA) is 139 Å². The number of carbonyl (C=O) groups is 1. The van der Waals surface area contributed by atoms with Gasteiger partial charge in [0.2, 0.25) is 0 Å². The molecule has 0 bridgehead atoms. The first-order valence-corrected chi connectivity index (χ1v) is 12.6. The van der Waals surface area contributed by atoms with Crippen LogP contribution in [0.5, 0.6) is 0 Å². The average molecular weight is 520 g/mol. The van der Waals surface area contributed by atoms with Crippen molar-refractivity contribution < 1.29 is 29.3 Å². The second kappa shape index (κ2) is 11.8. The van der Waals surface area contributed by atoms with E-state index in [1.54, 1.807) is 19.1 Å². The summed E-state index contributed by atoms with van der Waals surface area (Å²) in [6.45, 7) is 1.50. The molecule has 200 valence electrons. The third-order valence-corrected chi connectivity index (χ3v) is 6.99. The zero-order valence-electron chi connectivity index (χ0n) is 21.7. The SMILES string of the molecule is C[C@H]1C(CCO)O[C@H](CNC(=O)/C(C#N)=C/c2ccc(-c3ccc4cc(N(C)C)ccc4c3)o2)[C@@H](O)[C@@H]1O. The van der Waals surface area contributed by atoms with Crippen molar-refractivity contribution in [3.8, 4) is 17.4 Å². The third kappa shape index (κ3) is 5.90. The summed E-state index contributed by atoms with van der Waals surface area (Å²) < 4.78 is 11.7. The molecule has 3 aromatic rings. The molecule has 2 aromatic carbocycles. The van der Waals surface area contributed by atoms with E-state index in [1.807, 2.05) is 49.3 Å². The number of hydrogen-bond acceptors (Lipinski definition) is 8. The van der Waals surface area contributed by atoms with Gasteiger partial charge < -0.3 is 34.7 Å². The van der Waals surface area contributed by atoms with Crippen LogP contribution >= 0.6 is 0 Å². The number of aliphatic hydroxyl groups is 3. The average Bonchev–Trinajstić information content (AvgIpc) is 3.39. The van der Waals surface area contributed by atoms with E-state index in [4.69, 9.17) is 9.15 Å². The van der Waals surface area contributed by atoms with Crippen LogP contribution in [0.4, 0.5) is 5.69 Å². The minimum Gasteiger partial charge on any atom is -0.457 e. The number of furan rings is 1. The quantitative estimate of drug-likeness (QED) is 0.263. The van der Waals surface area contributed by atoms with E-state index in [0.29, 0.717) is 17.9 Å². The Morgan fingerprint density at radius 1 is 1.08 bits per heavy atom. The van der Waals surface area contributed by atoms with Gasteiger partial charge in [0.25, 0.3) is 5.91 Å². The van der Waals surface area contributed by atoms with Crippen molar-refractivity contribution in [2.45, 2.75) is 37.8 Å². The van der Waals surface area contributed by atoms with Gasteiger partial charge in [0.05, 0.1) is 12.2 Å². The summed E-state index contributed by atoms with van der Waals surface area (Å²) >= 11 is 0. The number of anilines is 1. The third-order valence-electron chi connectivity index (χ3n) is 6.99. The molecule has 4 N–H and O–H groups in total. The fourth-order valence-electron chi connectivity index (χ4n) is 4.64. The minimum absolute atomic E-state index is 0.110. The van der Waals surface area contributed by atoms with E-state index >= 15 is 0 Å². The van der Waals surface area contributed by atoms with Crippen molar-refractivity contribution in [1.29, 1.82) is 5.26 Å². The zero-order valence-corrected chi connectivity index (χ0v) is 21.7. The van der Waals surface area contributed by atoms with Gasteiger partial charge in [-0.05, 0) is 47.5 Å². The molecular weight excluding hydrogens is 486 g/mol. The second-order valence-electron chi connectivity index (χ2n) is 9.79. The standard InChI is InChI=1S/C29H33N3O6/c1-17-24(10-11-33)38-26(28(35)27(17)34)16-31-29(36)21(15-30)14-23-8-9-25(37-23)20-5-4-19-13-22(32(2)3)7-6-18(19)12-20/h4-9,12-14,17,24,26-28,33-35H,10-11,16H2,1-3H3,(H,31,36)/b21-14+/t17-,24?,26+,27+,28+/m0/s1. The summed E-state index contributed by atoms with van der Waals surface area (Å²) in [6, 6.07) is 17.6. The Balaban J connectivity index is 1.44. The van der Waals surface area contributed by atoms with Crippen LogP contribution in [0.15, 0.2) is 58.5 Å². The van der Waals surface area contributed by atoms with Gasteiger partial charge in [-0.2, -0.15) is 5.26 Å². The van der Waals surface area contributed by atoms with Gasteiger partial charge in [0, 0.05) is 50.5 Å². The molecule has 0 saturated carbocycles. The first-order valence-electron chi connectivity index (χ1n) is 12.6. The second-order valence-corrected chi connectivity index (χ2v) is 9.79. The number of carbonyl (C=O) groups excluding carboxylic acids is 1. The molecule has 0 aliphatic carbocycles. The van der Waals surface area contributed by atoms with E-state index < -0.39 is 30.3 Å². The number of benzene rings is 2. The van der Waals surface area contributed by atoms with Gasteiger partial charge >= 0.3 is 0 Å². The monoisotopic (exact) mass is 519 g/mol. The molecule has 9 heteroatoms. The largest absolute Gasteiger partial charge is 0.457 e. The summed E-state index contributed by atoms with van der Waals surface area (Å²) in [6.07, 6.45) is -1.95. The van der Waals surface area contributed by atoms with Crippen molar-refractivity contribution >= 4 is 28.4 Å². The number of rotatable bonds is 8. The molecule has 1 unspecified atom stereocenters. The van der Waals surface area contributed by atoms with Crippen molar-refractivity contribution in [3.05, 3.63) is 59.9 Å². The maximum absolute atomic E-state index is 12.7. The fraction of sp³-hybridized carbons (Fsp3) is 0.379. The zero-order chi connectivity index (χ0) is 27.4. The van der Waals surface area contributed by atoms with Gasteiger partial charge in [-0.1, -0.05) is 25.1 Å². The van der Waals surface area contributed by atoms with E-state index in [0.717, 1.165) is 22.0 Å². The first-order chi connectivity index (χ1) is 18.2. The highest BCUT2D eigenvalue weighted by molar-refractivity contribution is 6.01. The van der Waals surface area contributed by atoms with E-state index in [-0.39, 0.29) is 24.6 Å². The highest BCUT2D eigenvalue weighted by atomic mass is 16.5. The van der Waals surface area contributed by atoms with Crippen LogP contribution in [-0.2, 0) is 9.53 Å².